The average molecular weight is 506 g/mol. The quantitative estimate of drug-likeness (QED) is 0.452. The van der Waals surface area contributed by atoms with E-state index in [0.29, 0.717) is 34.7 Å². The van der Waals surface area contributed by atoms with E-state index >= 15 is 0 Å². The van der Waals surface area contributed by atoms with Crippen LogP contribution in [0, 0.1) is 0 Å². The number of anilines is 1. The lowest BCUT2D eigenvalue weighted by molar-refractivity contribution is 0.126. The van der Waals surface area contributed by atoms with Gasteiger partial charge in [-0.1, -0.05) is 6.92 Å². The van der Waals surface area contributed by atoms with Gasteiger partial charge in [-0.15, -0.1) is 10.2 Å². The van der Waals surface area contributed by atoms with Crippen LogP contribution in [0.1, 0.15) is 31.6 Å². The molecule has 35 heavy (non-hydrogen) atoms. The molecule has 3 aromatic heterocycles. The minimum absolute atomic E-state index is 0.0258. The zero-order valence-electron chi connectivity index (χ0n) is 20.0. The Kier molecular flexibility index (Phi) is 7.03. The van der Waals surface area contributed by atoms with E-state index in [1.54, 1.807) is 37.7 Å². The normalized spacial score (nSPS) is 16.8. The summed E-state index contributed by atoms with van der Waals surface area (Å²) >= 11 is 0. The molecule has 0 spiro atoms. The molecule has 13 nitrogen and oxygen atoms in total. The fourth-order valence-corrected chi connectivity index (χ4v) is 4.87. The number of methoxy groups -OCH3 is 3. The molecule has 0 saturated carbocycles. The summed E-state index contributed by atoms with van der Waals surface area (Å²) < 4.78 is 52.5. The molecule has 1 N–H and O–H groups in total. The van der Waals surface area contributed by atoms with Gasteiger partial charge in [-0.3, -0.25) is 9.29 Å². The molecular formula is C21H27N7O6S. The van der Waals surface area contributed by atoms with E-state index in [1.165, 1.54) is 26.6 Å². The van der Waals surface area contributed by atoms with E-state index in [9.17, 15) is 8.42 Å². The van der Waals surface area contributed by atoms with Crippen LogP contribution in [0.4, 0.5) is 5.95 Å². The molecule has 3 atom stereocenters. The molecule has 0 saturated heterocycles. The number of nitrogens with one attached hydrogen (secondary N) is 1. The molecule has 14 heteroatoms. The number of aromatic nitrogens is 6. The highest BCUT2D eigenvalue weighted by atomic mass is 32.2. The maximum Gasteiger partial charge on any atom is 0.239 e. The first-order valence-corrected chi connectivity index (χ1v) is 12.3. The Balaban J connectivity index is 1.68. The molecule has 0 amide bonds. The molecule has 0 fully saturated rings. The van der Waals surface area contributed by atoms with Crippen molar-refractivity contribution in [3.63, 3.8) is 0 Å². The summed E-state index contributed by atoms with van der Waals surface area (Å²) in [6.45, 7) is 3.75. The van der Waals surface area contributed by atoms with Gasteiger partial charge >= 0.3 is 0 Å². The highest BCUT2D eigenvalue weighted by Crippen LogP contribution is 2.36. The lowest BCUT2D eigenvalue weighted by Crippen LogP contribution is -2.32. The monoisotopic (exact) mass is 505 g/mol. The van der Waals surface area contributed by atoms with E-state index in [-0.39, 0.29) is 19.2 Å². The third kappa shape index (κ3) is 4.84. The highest BCUT2D eigenvalue weighted by molar-refractivity contribution is 7.93. The number of sulfonamides is 1. The fourth-order valence-electron chi connectivity index (χ4n) is 3.63. The van der Waals surface area contributed by atoms with Gasteiger partial charge in [0.05, 0.1) is 44.5 Å². The summed E-state index contributed by atoms with van der Waals surface area (Å²) in [7, 11) is 0.621. The molecule has 1 aliphatic heterocycles. The van der Waals surface area contributed by atoms with Crippen molar-refractivity contribution in [1.82, 2.24) is 29.7 Å². The second kappa shape index (κ2) is 10.00. The Hall–Kier alpha value is -3.52. The van der Waals surface area contributed by atoms with Gasteiger partial charge in [-0.2, -0.15) is 0 Å². The third-order valence-corrected chi connectivity index (χ3v) is 7.68. The fraction of sp³-hybridized carbons (Fsp3) is 0.476. The van der Waals surface area contributed by atoms with Crippen molar-refractivity contribution in [2.24, 2.45) is 0 Å². The number of hydrogen-bond acceptors (Lipinski definition) is 11. The first-order chi connectivity index (χ1) is 16.8. The maximum atomic E-state index is 13.3. The molecule has 188 valence electrons. The minimum atomic E-state index is -3.93. The SMILES string of the molecule is COC[C@@H]1COc2ccc(OC)nc2-c2nnc(NS(=O)(=O)[C@@H](C)[C@H](C)c3ncc(OC)cn3)n21. The smallest absolute Gasteiger partial charge is 0.239 e. The maximum absolute atomic E-state index is 13.3. The lowest BCUT2D eigenvalue weighted by atomic mass is 10.1. The van der Waals surface area contributed by atoms with Gasteiger partial charge in [0.15, 0.2) is 17.3 Å². The van der Waals surface area contributed by atoms with E-state index < -0.39 is 27.2 Å². The number of nitrogens with zero attached hydrogens (tertiary/aromatic N) is 6. The average Bonchev–Trinajstić information content (AvgIpc) is 3.20. The molecular weight excluding hydrogens is 478 g/mol. The molecule has 0 radical (unpaired) electrons. The first kappa shape index (κ1) is 24.6. The Morgan fingerprint density at radius 3 is 2.54 bits per heavy atom. The van der Waals surface area contributed by atoms with Crippen molar-refractivity contribution >= 4 is 16.0 Å². The lowest BCUT2D eigenvalue weighted by Gasteiger charge is -2.22. The zero-order valence-corrected chi connectivity index (χ0v) is 20.8. The molecule has 1 aliphatic rings. The van der Waals surface area contributed by atoms with E-state index in [2.05, 4.69) is 29.9 Å². The molecule has 3 aromatic rings. The van der Waals surface area contributed by atoms with Crippen LogP contribution >= 0.6 is 0 Å². The summed E-state index contributed by atoms with van der Waals surface area (Å²) in [5.74, 6) is 1.53. The Morgan fingerprint density at radius 1 is 1.14 bits per heavy atom. The predicted molar refractivity (Wildman–Crippen MR) is 125 cm³/mol. The van der Waals surface area contributed by atoms with Crippen LogP contribution in [-0.2, 0) is 14.8 Å². The Bertz CT molecular complexity index is 1280. The number of pyridine rings is 1. The second-order valence-corrected chi connectivity index (χ2v) is 10.00. The Labute approximate surface area is 202 Å². The predicted octanol–water partition coefficient (Wildman–Crippen LogP) is 1.66. The number of hydrogen-bond donors (Lipinski definition) is 1. The molecule has 0 aliphatic carbocycles. The van der Waals surface area contributed by atoms with Crippen LogP contribution in [0.15, 0.2) is 24.5 Å². The zero-order chi connectivity index (χ0) is 25.2. The number of ether oxygens (including phenoxy) is 4. The van der Waals surface area contributed by atoms with Crippen molar-refractivity contribution in [3.05, 3.63) is 30.4 Å². The standard InChI is InChI=1S/C21H27N7O6S/c1-12(19-22-8-15(32-4)9-23-19)13(2)35(29,30)27-21-26-25-20-18-16(6-7-17(24-18)33-5)34-11-14(10-31-3)28(20)21/h6-9,12-14H,10-11H2,1-5H3,(H,26,27)/t12-,13-,14+/m0/s1. The van der Waals surface area contributed by atoms with Crippen molar-refractivity contribution < 1.29 is 27.4 Å². The summed E-state index contributed by atoms with van der Waals surface area (Å²) in [4.78, 5) is 12.9. The van der Waals surface area contributed by atoms with Crippen LogP contribution in [0.2, 0.25) is 0 Å². The van der Waals surface area contributed by atoms with Crippen LogP contribution < -0.4 is 18.9 Å². The van der Waals surface area contributed by atoms with Gasteiger partial charge < -0.3 is 18.9 Å². The highest BCUT2D eigenvalue weighted by Gasteiger charge is 2.34. The van der Waals surface area contributed by atoms with E-state index in [0.717, 1.165) is 0 Å². The molecule has 0 aromatic carbocycles. The molecule has 0 bridgehead atoms. The number of fused-ring (bicyclic) bond motifs is 3. The van der Waals surface area contributed by atoms with Crippen LogP contribution in [0.3, 0.4) is 0 Å². The van der Waals surface area contributed by atoms with Gasteiger partial charge in [-0.25, -0.2) is 23.4 Å². The largest absolute Gasteiger partial charge is 0.494 e. The van der Waals surface area contributed by atoms with Crippen LogP contribution in [-0.4, -0.2) is 77.9 Å². The topological polar surface area (TPSA) is 152 Å². The minimum Gasteiger partial charge on any atom is -0.494 e. The van der Waals surface area contributed by atoms with Gasteiger partial charge in [0.25, 0.3) is 0 Å². The van der Waals surface area contributed by atoms with Crippen molar-refractivity contribution in [2.45, 2.75) is 31.1 Å². The van der Waals surface area contributed by atoms with Crippen LogP contribution in [0.25, 0.3) is 11.5 Å². The summed E-state index contributed by atoms with van der Waals surface area (Å²) in [5.41, 5.74) is 0.383. The van der Waals surface area contributed by atoms with Crippen LogP contribution in [0.5, 0.6) is 17.4 Å². The van der Waals surface area contributed by atoms with Gasteiger partial charge in [0.1, 0.15) is 18.2 Å². The first-order valence-electron chi connectivity index (χ1n) is 10.8. The second-order valence-electron chi connectivity index (χ2n) is 7.96. The van der Waals surface area contributed by atoms with Crippen molar-refractivity contribution in [1.29, 1.82) is 0 Å². The van der Waals surface area contributed by atoms with Gasteiger partial charge in [-0.05, 0) is 13.0 Å². The summed E-state index contributed by atoms with van der Waals surface area (Å²) in [5, 5.41) is 7.47. The Morgan fingerprint density at radius 2 is 1.89 bits per heavy atom. The van der Waals surface area contributed by atoms with Crippen molar-refractivity contribution in [3.8, 4) is 28.9 Å². The van der Waals surface area contributed by atoms with E-state index in [4.69, 9.17) is 18.9 Å². The van der Waals surface area contributed by atoms with Gasteiger partial charge in [0.2, 0.25) is 21.9 Å². The summed E-state index contributed by atoms with van der Waals surface area (Å²) in [6.07, 6.45) is 3.00. The van der Waals surface area contributed by atoms with Crippen molar-refractivity contribution in [2.75, 3.05) is 39.3 Å². The third-order valence-electron chi connectivity index (χ3n) is 5.82. The van der Waals surface area contributed by atoms with E-state index in [1.807, 2.05) is 0 Å². The molecule has 0 unspecified atom stereocenters. The molecule has 4 heterocycles. The number of rotatable bonds is 9. The summed E-state index contributed by atoms with van der Waals surface area (Å²) in [6, 6.07) is 2.97. The van der Waals surface area contributed by atoms with Gasteiger partial charge in [0, 0.05) is 19.1 Å². The molecule has 4 rings (SSSR count).